The standard InChI is InChI=1S/C20H16N4OS.C2H3N/c21-12-10-16-11-13-22-19(25-14-15-6-2-1-3-7-15)24(16)20-23-17-8-4-5-9-18(17)26-20;1-2-3/h1-9,11,13,16H,10,14H2;1H3. The zero-order valence-corrected chi connectivity index (χ0v) is 16.7. The lowest BCUT2D eigenvalue weighted by molar-refractivity contribution is 0.281. The minimum absolute atomic E-state index is 0.149. The molecule has 1 aliphatic heterocycles. The highest BCUT2D eigenvalue weighted by atomic mass is 32.1. The molecule has 0 spiro atoms. The van der Waals surface area contributed by atoms with Gasteiger partial charge in [-0.25, -0.2) is 9.98 Å². The number of rotatable bonds is 4. The Morgan fingerprint density at radius 2 is 1.83 bits per heavy atom. The van der Waals surface area contributed by atoms with Crippen LogP contribution < -0.4 is 4.90 Å². The average Bonchev–Trinajstić information content (AvgIpc) is 3.18. The predicted octanol–water partition coefficient (Wildman–Crippen LogP) is 5.01. The molecule has 0 fully saturated rings. The lowest BCUT2D eigenvalue weighted by Crippen LogP contribution is -2.42. The normalized spacial score (nSPS) is 14.9. The maximum atomic E-state index is 9.21. The Labute approximate surface area is 173 Å². The molecule has 29 heavy (non-hydrogen) atoms. The third-order valence-electron chi connectivity index (χ3n) is 4.03. The van der Waals surface area contributed by atoms with Crippen LogP contribution in [0.4, 0.5) is 5.13 Å². The van der Waals surface area contributed by atoms with Crippen LogP contribution in [0.25, 0.3) is 10.2 Å². The summed E-state index contributed by atoms with van der Waals surface area (Å²) >= 11 is 1.57. The SMILES string of the molecule is CC#N.N#CCC1C=CN=C(OCc2ccccc2)N1c1nc2ccccc2s1. The Morgan fingerprint density at radius 1 is 1.10 bits per heavy atom. The van der Waals surface area contributed by atoms with Gasteiger partial charge in [-0.2, -0.15) is 10.5 Å². The number of anilines is 1. The Hall–Kier alpha value is -3.68. The summed E-state index contributed by atoms with van der Waals surface area (Å²) in [5, 5.41) is 17.3. The summed E-state index contributed by atoms with van der Waals surface area (Å²) in [7, 11) is 0. The Balaban J connectivity index is 0.000000755. The molecule has 0 amide bonds. The molecule has 1 unspecified atom stereocenters. The Kier molecular flexibility index (Phi) is 6.94. The summed E-state index contributed by atoms with van der Waals surface area (Å²) in [5.41, 5.74) is 1.99. The molecule has 3 aromatic rings. The zero-order valence-electron chi connectivity index (χ0n) is 15.9. The van der Waals surface area contributed by atoms with Crippen LogP contribution in [0.5, 0.6) is 0 Å². The van der Waals surface area contributed by atoms with Gasteiger partial charge in [-0.05, 0) is 23.8 Å². The highest BCUT2D eigenvalue weighted by Crippen LogP contribution is 2.32. The number of para-hydroxylation sites is 1. The summed E-state index contributed by atoms with van der Waals surface area (Å²) in [6.07, 6.45) is 3.94. The Bertz CT molecular complexity index is 1060. The number of hydrogen-bond acceptors (Lipinski definition) is 7. The van der Waals surface area contributed by atoms with Crippen molar-refractivity contribution >= 4 is 32.7 Å². The summed E-state index contributed by atoms with van der Waals surface area (Å²) in [4.78, 5) is 11.0. The molecule has 144 valence electrons. The van der Waals surface area contributed by atoms with Gasteiger partial charge < -0.3 is 4.74 Å². The van der Waals surface area contributed by atoms with Gasteiger partial charge in [-0.15, -0.1) is 0 Å². The maximum absolute atomic E-state index is 9.21. The van der Waals surface area contributed by atoms with E-state index in [-0.39, 0.29) is 6.04 Å². The molecule has 1 aromatic heterocycles. The van der Waals surface area contributed by atoms with E-state index in [1.165, 1.54) is 6.92 Å². The molecule has 0 saturated carbocycles. The fourth-order valence-electron chi connectivity index (χ4n) is 2.76. The first-order valence-electron chi connectivity index (χ1n) is 9.00. The van der Waals surface area contributed by atoms with E-state index in [0.29, 0.717) is 19.0 Å². The van der Waals surface area contributed by atoms with Gasteiger partial charge in [-0.1, -0.05) is 53.8 Å². The molecule has 4 rings (SSSR count). The molecule has 0 radical (unpaired) electrons. The molecule has 6 nitrogen and oxygen atoms in total. The first-order chi connectivity index (χ1) is 14.3. The van der Waals surface area contributed by atoms with Crippen LogP contribution in [0.2, 0.25) is 0 Å². The first kappa shape index (κ1) is 20.1. The minimum atomic E-state index is -0.149. The summed E-state index contributed by atoms with van der Waals surface area (Å²) < 4.78 is 7.08. The van der Waals surface area contributed by atoms with E-state index >= 15 is 0 Å². The lowest BCUT2D eigenvalue weighted by atomic mass is 10.2. The lowest BCUT2D eigenvalue weighted by Gasteiger charge is -2.30. The van der Waals surface area contributed by atoms with Crippen molar-refractivity contribution in [3.05, 3.63) is 72.4 Å². The number of benzene rings is 2. The molecule has 0 N–H and O–H groups in total. The fraction of sp³-hybridized carbons (Fsp3) is 0.182. The van der Waals surface area contributed by atoms with Gasteiger partial charge in [0.1, 0.15) is 6.61 Å². The third kappa shape index (κ3) is 4.98. The first-order valence-corrected chi connectivity index (χ1v) is 9.82. The molecule has 7 heteroatoms. The van der Waals surface area contributed by atoms with Crippen LogP contribution in [0.3, 0.4) is 0 Å². The van der Waals surface area contributed by atoms with E-state index in [1.807, 2.05) is 65.6 Å². The van der Waals surface area contributed by atoms with Crippen molar-refractivity contribution in [3.63, 3.8) is 0 Å². The highest BCUT2D eigenvalue weighted by molar-refractivity contribution is 7.22. The van der Waals surface area contributed by atoms with E-state index in [0.717, 1.165) is 20.9 Å². The van der Waals surface area contributed by atoms with Crippen molar-refractivity contribution < 1.29 is 4.74 Å². The van der Waals surface area contributed by atoms with Crippen molar-refractivity contribution in [3.8, 4) is 12.1 Å². The number of nitrogens with zero attached hydrogens (tertiary/aromatic N) is 5. The van der Waals surface area contributed by atoms with Gasteiger partial charge in [0.15, 0.2) is 5.13 Å². The van der Waals surface area contributed by atoms with Crippen molar-refractivity contribution in [2.24, 2.45) is 4.99 Å². The molecular formula is C22H19N5OS. The van der Waals surface area contributed by atoms with Crippen molar-refractivity contribution in [1.82, 2.24) is 4.98 Å². The monoisotopic (exact) mass is 401 g/mol. The highest BCUT2D eigenvalue weighted by Gasteiger charge is 2.28. The van der Waals surface area contributed by atoms with Crippen molar-refractivity contribution in [2.45, 2.75) is 26.0 Å². The van der Waals surface area contributed by atoms with Crippen LogP contribution in [0.1, 0.15) is 18.9 Å². The number of thiazole rings is 1. The smallest absolute Gasteiger partial charge is 0.299 e. The number of hydrogen-bond donors (Lipinski definition) is 0. The van der Waals surface area contributed by atoms with Gasteiger partial charge in [0, 0.05) is 13.1 Å². The largest absolute Gasteiger partial charge is 0.460 e. The van der Waals surface area contributed by atoms with Gasteiger partial charge in [0.05, 0.1) is 34.8 Å². The number of aromatic nitrogens is 1. The number of aliphatic imine (C=N–C) groups is 1. The van der Waals surface area contributed by atoms with Crippen molar-refractivity contribution in [2.75, 3.05) is 4.90 Å². The molecule has 0 bridgehead atoms. The van der Waals surface area contributed by atoms with E-state index in [1.54, 1.807) is 23.6 Å². The minimum Gasteiger partial charge on any atom is -0.460 e. The van der Waals surface area contributed by atoms with Crippen LogP contribution >= 0.6 is 11.3 Å². The van der Waals surface area contributed by atoms with E-state index in [4.69, 9.17) is 15.0 Å². The molecule has 1 aliphatic rings. The van der Waals surface area contributed by atoms with E-state index in [9.17, 15) is 5.26 Å². The van der Waals surface area contributed by atoms with Crippen LogP contribution in [0.15, 0.2) is 71.9 Å². The molecule has 2 aromatic carbocycles. The number of amidine groups is 1. The zero-order chi connectivity index (χ0) is 20.5. The molecule has 0 aliphatic carbocycles. The second-order valence-corrected chi connectivity index (χ2v) is 7.02. The summed E-state index contributed by atoms with van der Waals surface area (Å²) in [6.45, 7) is 1.84. The van der Waals surface area contributed by atoms with Crippen molar-refractivity contribution in [1.29, 1.82) is 10.5 Å². The van der Waals surface area contributed by atoms with Gasteiger partial charge in [-0.3, -0.25) is 4.90 Å². The Morgan fingerprint density at radius 3 is 2.55 bits per heavy atom. The quantitative estimate of drug-likeness (QED) is 0.613. The van der Waals surface area contributed by atoms with Gasteiger partial charge in [0.2, 0.25) is 0 Å². The summed E-state index contributed by atoms with van der Waals surface area (Å²) in [6, 6.07) is 22.2. The fourth-order valence-corrected chi connectivity index (χ4v) is 3.78. The van der Waals surface area contributed by atoms with Crippen LogP contribution in [-0.4, -0.2) is 17.0 Å². The van der Waals surface area contributed by atoms with Gasteiger partial charge >= 0.3 is 0 Å². The molecular weight excluding hydrogens is 382 g/mol. The van der Waals surface area contributed by atoms with Gasteiger partial charge in [0.25, 0.3) is 6.02 Å². The number of ether oxygens (including phenoxy) is 1. The number of fused-ring (bicyclic) bond motifs is 1. The molecule has 0 saturated heterocycles. The van der Waals surface area contributed by atoms with Crippen LogP contribution in [-0.2, 0) is 11.3 Å². The second-order valence-electron chi connectivity index (χ2n) is 6.01. The second kappa shape index (κ2) is 10.0. The third-order valence-corrected chi connectivity index (χ3v) is 5.07. The van der Waals surface area contributed by atoms with E-state index < -0.39 is 0 Å². The molecule has 1 atom stereocenters. The number of nitriles is 2. The molecule has 2 heterocycles. The summed E-state index contributed by atoms with van der Waals surface area (Å²) in [5.74, 6) is 0. The predicted molar refractivity (Wildman–Crippen MR) is 115 cm³/mol. The topological polar surface area (TPSA) is 85.3 Å². The maximum Gasteiger partial charge on any atom is 0.299 e. The van der Waals surface area contributed by atoms with Crippen LogP contribution in [0, 0.1) is 22.7 Å². The average molecular weight is 401 g/mol. The van der Waals surface area contributed by atoms with E-state index in [2.05, 4.69) is 11.1 Å².